The first-order chi connectivity index (χ1) is 6.66. The van der Waals surface area contributed by atoms with Gasteiger partial charge in [0.05, 0.1) is 0 Å². The highest BCUT2D eigenvalue weighted by atomic mass is 35.5. The van der Waals surface area contributed by atoms with E-state index in [1.54, 1.807) is 0 Å². The minimum absolute atomic E-state index is 0. The van der Waals surface area contributed by atoms with Crippen LogP contribution in [0.25, 0.3) is 10.9 Å². The Bertz CT molecular complexity index is 446. The SMILES string of the molecule is Cc1ccc2c(CC(C)N)c[nH]c2c1.Cl. The van der Waals surface area contributed by atoms with Crippen molar-refractivity contribution >= 4 is 23.3 Å². The lowest BCUT2D eigenvalue weighted by Crippen LogP contribution is -2.17. The van der Waals surface area contributed by atoms with Crippen LogP contribution < -0.4 is 5.73 Å². The van der Waals surface area contributed by atoms with Crippen molar-refractivity contribution in [1.82, 2.24) is 4.98 Å². The zero-order valence-corrected chi connectivity index (χ0v) is 9.90. The molecule has 0 saturated heterocycles. The summed E-state index contributed by atoms with van der Waals surface area (Å²) in [6.07, 6.45) is 3.00. The van der Waals surface area contributed by atoms with Gasteiger partial charge in [0.2, 0.25) is 0 Å². The third-order valence-corrected chi connectivity index (χ3v) is 2.46. The van der Waals surface area contributed by atoms with Crippen molar-refractivity contribution in [2.45, 2.75) is 26.3 Å². The van der Waals surface area contributed by atoms with Crippen molar-refractivity contribution < 1.29 is 0 Å². The van der Waals surface area contributed by atoms with Gasteiger partial charge in [-0.1, -0.05) is 12.1 Å². The lowest BCUT2D eigenvalue weighted by Gasteiger charge is -2.02. The van der Waals surface area contributed by atoms with E-state index < -0.39 is 0 Å². The molecule has 1 aromatic heterocycles. The molecule has 2 rings (SSSR count). The molecule has 0 saturated carbocycles. The Morgan fingerprint density at radius 1 is 1.40 bits per heavy atom. The number of aryl methyl sites for hydroxylation is 1. The van der Waals surface area contributed by atoms with E-state index in [0.717, 1.165) is 6.42 Å². The van der Waals surface area contributed by atoms with Crippen molar-refractivity contribution in [3.8, 4) is 0 Å². The van der Waals surface area contributed by atoms with Gasteiger partial charge in [-0.25, -0.2) is 0 Å². The summed E-state index contributed by atoms with van der Waals surface area (Å²) in [6.45, 7) is 4.14. The standard InChI is InChI=1S/C12H16N2.ClH/c1-8-3-4-11-10(6-9(2)13)7-14-12(11)5-8;/h3-5,7,9,14H,6,13H2,1-2H3;1H. The monoisotopic (exact) mass is 224 g/mol. The molecule has 0 amide bonds. The minimum atomic E-state index is 0. The van der Waals surface area contributed by atoms with E-state index in [0.29, 0.717) is 0 Å². The summed E-state index contributed by atoms with van der Waals surface area (Å²) < 4.78 is 0. The fourth-order valence-corrected chi connectivity index (χ4v) is 1.82. The molecule has 2 nitrogen and oxygen atoms in total. The maximum Gasteiger partial charge on any atom is 0.0459 e. The molecule has 3 heteroatoms. The fourth-order valence-electron chi connectivity index (χ4n) is 1.82. The second-order valence-electron chi connectivity index (χ2n) is 4.04. The first-order valence-electron chi connectivity index (χ1n) is 4.99. The minimum Gasteiger partial charge on any atom is -0.361 e. The van der Waals surface area contributed by atoms with Crippen molar-refractivity contribution in [2.75, 3.05) is 0 Å². The maximum atomic E-state index is 5.79. The van der Waals surface area contributed by atoms with Crippen LogP contribution in [0.15, 0.2) is 24.4 Å². The molecule has 15 heavy (non-hydrogen) atoms. The molecule has 82 valence electrons. The summed E-state index contributed by atoms with van der Waals surface area (Å²) in [6, 6.07) is 6.69. The number of halogens is 1. The third-order valence-electron chi connectivity index (χ3n) is 2.46. The van der Waals surface area contributed by atoms with Crippen molar-refractivity contribution in [2.24, 2.45) is 5.73 Å². The van der Waals surface area contributed by atoms with Crippen LogP contribution >= 0.6 is 12.4 Å². The smallest absolute Gasteiger partial charge is 0.0459 e. The van der Waals surface area contributed by atoms with Crippen LogP contribution in [-0.2, 0) is 6.42 Å². The number of aromatic nitrogens is 1. The van der Waals surface area contributed by atoms with Gasteiger partial charge in [0.1, 0.15) is 0 Å². The molecular formula is C12H17ClN2. The summed E-state index contributed by atoms with van der Waals surface area (Å²) in [5, 5.41) is 1.30. The number of rotatable bonds is 2. The zero-order valence-electron chi connectivity index (χ0n) is 9.08. The second-order valence-corrected chi connectivity index (χ2v) is 4.04. The topological polar surface area (TPSA) is 41.8 Å². The van der Waals surface area contributed by atoms with Crippen LogP contribution in [0.5, 0.6) is 0 Å². The summed E-state index contributed by atoms with van der Waals surface area (Å²) in [7, 11) is 0. The van der Waals surface area contributed by atoms with Gasteiger partial charge in [-0.05, 0) is 37.5 Å². The van der Waals surface area contributed by atoms with Gasteiger partial charge >= 0.3 is 0 Å². The van der Waals surface area contributed by atoms with Crippen molar-refractivity contribution in [3.63, 3.8) is 0 Å². The Hall–Kier alpha value is -0.990. The van der Waals surface area contributed by atoms with Crippen LogP contribution in [-0.4, -0.2) is 11.0 Å². The van der Waals surface area contributed by atoms with Gasteiger partial charge in [-0.2, -0.15) is 0 Å². The molecule has 0 bridgehead atoms. The Labute approximate surface area is 96.3 Å². The predicted octanol–water partition coefficient (Wildman–Crippen LogP) is 2.79. The number of fused-ring (bicyclic) bond motifs is 1. The normalized spacial score (nSPS) is 12.5. The van der Waals surface area contributed by atoms with E-state index >= 15 is 0 Å². The van der Waals surface area contributed by atoms with E-state index in [4.69, 9.17) is 5.73 Å². The summed E-state index contributed by atoms with van der Waals surface area (Å²) in [5.41, 5.74) is 9.60. The molecule has 1 unspecified atom stereocenters. The molecule has 1 atom stereocenters. The van der Waals surface area contributed by atoms with Crippen LogP contribution in [0.3, 0.4) is 0 Å². The molecular weight excluding hydrogens is 208 g/mol. The number of nitrogens with two attached hydrogens (primary N) is 1. The van der Waals surface area contributed by atoms with Crippen LogP contribution in [0.1, 0.15) is 18.1 Å². The Balaban J connectivity index is 0.00000112. The first-order valence-corrected chi connectivity index (χ1v) is 4.99. The van der Waals surface area contributed by atoms with Gasteiger partial charge in [-0.3, -0.25) is 0 Å². The van der Waals surface area contributed by atoms with Crippen molar-refractivity contribution in [1.29, 1.82) is 0 Å². The molecule has 0 aliphatic carbocycles. The summed E-state index contributed by atoms with van der Waals surface area (Å²) >= 11 is 0. The molecule has 0 aliphatic heterocycles. The van der Waals surface area contributed by atoms with Gasteiger partial charge in [0.15, 0.2) is 0 Å². The summed E-state index contributed by atoms with van der Waals surface area (Å²) in [5.74, 6) is 0. The average molecular weight is 225 g/mol. The third kappa shape index (κ3) is 2.52. The van der Waals surface area contributed by atoms with Gasteiger partial charge in [0.25, 0.3) is 0 Å². The Morgan fingerprint density at radius 2 is 2.13 bits per heavy atom. The highest BCUT2D eigenvalue weighted by molar-refractivity contribution is 5.85. The Kier molecular flexibility index (Phi) is 3.77. The Morgan fingerprint density at radius 3 is 2.80 bits per heavy atom. The predicted molar refractivity (Wildman–Crippen MR) is 67.6 cm³/mol. The number of hydrogen-bond acceptors (Lipinski definition) is 1. The molecule has 1 aromatic carbocycles. The van der Waals surface area contributed by atoms with Crippen LogP contribution in [0, 0.1) is 6.92 Å². The quantitative estimate of drug-likeness (QED) is 0.810. The van der Waals surface area contributed by atoms with E-state index in [-0.39, 0.29) is 18.4 Å². The van der Waals surface area contributed by atoms with Crippen LogP contribution in [0.2, 0.25) is 0 Å². The number of nitrogens with one attached hydrogen (secondary N) is 1. The van der Waals surface area contributed by atoms with E-state index in [2.05, 4.69) is 36.3 Å². The molecule has 0 radical (unpaired) electrons. The van der Waals surface area contributed by atoms with Gasteiger partial charge in [0, 0.05) is 23.1 Å². The van der Waals surface area contributed by atoms with Gasteiger partial charge in [-0.15, -0.1) is 12.4 Å². The molecule has 0 fully saturated rings. The number of hydrogen-bond donors (Lipinski definition) is 2. The average Bonchev–Trinajstić information content (AvgIpc) is 2.47. The van der Waals surface area contributed by atoms with Gasteiger partial charge < -0.3 is 10.7 Å². The number of benzene rings is 1. The van der Waals surface area contributed by atoms with E-state index in [1.165, 1.54) is 22.0 Å². The van der Waals surface area contributed by atoms with E-state index in [1.807, 2.05) is 6.92 Å². The number of H-pyrrole nitrogens is 1. The highest BCUT2D eigenvalue weighted by Gasteiger charge is 2.05. The highest BCUT2D eigenvalue weighted by Crippen LogP contribution is 2.20. The fraction of sp³-hybridized carbons (Fsp3) is 0.333. The molecule has 0 aliphatic rings. The van der Waals surface area contributed by atoms with Crippen molar-refractivity contribution in [3.05, 3.63) is 35.5 Å². The second kappa shape index (κ2) is 4.69. The molecule has 3 N–H and O–H groups in total. The van der Waals surface area contributed by atoms with E-state index in [9.17, 15) is 0 Å². The number of aromatic amines is 1. The lowest BCUT2D eigenvalue weighted by molar-refractivity contribution is 0.741. The largest absolute Gasteiger partial charge is 0.361 e. The van der Waals surface area contributed by atoms with Crippen LogP contribution in [0.4, 0.5) is 0 Å². The molecule has 0 spiro atoms. The maximum absolute atomic E-state index is 5.79. The first kappa shape index (κ1) is 12.1. The summed E-state index contributed by atoms with van der Waals surface area (Å²) in [4.78, 5) is 3.28. The lowest BCUT2D eigenvalue weighted by atomic mass is 10.1. The molecule has 1 heterocycles. The molecule has 2 aromatic rings. The zero-order chi connectivity index (χ0) is 10.1.